The number of carboxylic acid groups (broad SMARTS) is 1. The van der Waals surface area contributed by atoms with Crippen LogP contribution in [-0.4, -0.2) is 50.7 Å². The number of rotatable bonds is 6. The highest BCUT2D eigenvalue weighted by Gasteiger charge is 2.20. The summed E-state index contributed by atoms with van der Waals surface area (Å²) in [6, 6.07) is 0. The summed E-state index contributed by atoms with van der Waals surface area (Å²) in [5, 5.41) is 8.92. The largest absolute Gasteiger partial charge is 0.480 e. The van der Waals surface area contributed by atoms with E-state index in [0.717, 1.165) is 10.4 Å². The van der Waals surface area contributed by atoms with Crippen molar-refractivity contribution in [2.24, 2.45) is 0 Å². The fourth-order valence-electron chi connectivity index (χ4n) is 2.23. The van der Waals surface area contributed by atoms with Crippen molar-refractivity contribution in [3.63, 3.8) is 0 Å². The number of likely N-dealkylation sites (N-methyl/N-ethyl adjacent to an activating group) is 1. The van der Waals surface area contributed by atoms with E-state index in [1.165, 1.54) is 35.0 Å². The second kappa shape index (κ2) is 7.35. The second-order valence-electron chi connectivity index (χ2n) is 5.52. The lowest BCUT2D eigenvalue weighted by molar-refractivity contribution is -0.143. The summed E-state index contributed by atoms with van der Waals surface area (Å²) in [5.41, 5.74) is 0.779. The molecule has 2 heterocycles. The molecule has 2 rings (SSSR count). The number of hydrogen-bond donors (Lipinski definition) is 2. The maximum Gasteiger partial charge on any atom is 0.323 e. The van der Waals surface area contributed by atoms with Gasteiger partial charge in [-0.1, -0.05) is 0 Å². The van der Waals surface area contributed by atoms with Gasteiger partial charge in [-0.25, -0.2) is 4.98 Å². The Morgan fingerprint density at radius 3 is 2.71 bits per heavy atom. The zero-order chi connectivity index (χ0) is 18.0. The molecular formula is C15H19N3O4S2. The highest BCUT2D eigenvalue weighted by Crippen LogP contribution is 2.26. The highest BCUT2D eigenvalue weighted by atomic mass is 32.2. The van der Waals surface area contributed by atoms with E-state index in [2.05, 4.69) is 9.97 Å². The van der Waals surface area contributed by atoms with Crippen LogP contribution < -0.4 is 5.56 Å². The Morgan fingerprint density at radius 1 is 1.42 bits per heavy atom. The number of aromatic nitrogens is 2. The summed E-state index contributed by atoms with van der Waals surface area (Å²) in [6.45, 7) is 5.23. The SMILES string of the molecule is Cc1sc2nc(CSC(C)C(=O)N(C)CC(=O)O)[nH]c(=O)c2c1C. The van der Waals surface area contributed by atoms with Crippen LogP contribution in [0.1, 0.15) is 23.2 Å². The molecule has 1 unspecified atom stereocenters. The van der Waals surface area contributed by atoms with E-state index in [9.17, 15) is 14.4 Å². The van der Waals surface area contributed by atoms with Crippen LogP contribution in [0.3, 0.4) is 0 Å². The van der Waals surface area contributed by atoms with Gasteiger partial charge in [0.25, 0.3) is 5.56 Å². The van der Waals surface area contributed by atoms with Gasteiger partial charge in [0.05, 0.1) is 16.4 Å². The molecule has 1 atom stereocenters. The van der Waals surface area contributed by atoms with E-state index >= 15 is 0 Å². The van der Waals surface area contributed by atoms with Crippen molar-refractivity contribution >= 4 is 45.2 Å². The van der Waals surface area contributed by atoms with Crippen LogP contribution in [0.15, 0.2) is 4.79 Å². The molecule has 24 heavy (non-hydrogen) atoms. The maximum atomic E-state index is 12.2. The number of hydrogen-bond acceptors (Lipinski definition) is 6. The smallest absolute Gasteiger partial charge is 0.323 e. The molecule has 0 fully saturated rings. The zero-order valence-corrected chi connectivity index (χ0v) is 15.5. The van der Waals surface area contributed by atoms with Crippen molar-refractivity contribution in [3.05, 3.63) is 26.6 Å². The summed E-state index contributed by atoms with van der Waals surface area (Å²) >= 11 is 2.79. The standard InChI is InChI=1S/C15H19N3O4S2/c1-7-8(2)24-14-12(7)13(21)16-10(17-14)6-23-9(3)15(22)18(4)5-11(19)20/h9H,5-6H2,1-4H3,(H,19,20)(H,16,17,21). The van der Waals surface area contributed by atoms with Gasteiger partial charge in [-0.05, 0) is 26.3 Å². The number of carbonyl (C=O) groups excluding carboxylic acids is 1. The molecule has 0 spiro atoms. The van der Waals surface area contributed by atoms with Crippen LogP contribution in [0.4, 0.5) is 0 Å². The van der Waals surface area contributed by atoms with E-state index < -0.39 is 11.2 Å². The van der Waals surface area contributed by atoms with Crippen molar-refractivity contribution in [2.45, 2.75) is 31.8 Å². The monoisotopic (exact) mass is 369 g/mol. The average molecular weight is 369 g/mol. The molecule has 0 aliphatic heterocycles. The first kappa shape index (κ1) is 18.5. The number of amides is 1. The Kier molecular flexibility index (Phi) is 5.66. The molecular weight excluding hydrogens is 350 g/mol. The number of nitrogens with zero attached hydrogens (tertiary/aromatic N) is 2. The van der Waals surface area contributed by atoms with Crippen LogP contribution in [0.5, 0.6) is 0 Å². The Labute approximate surface area is 147 Å². The minimum absolute atomic E-state index is 0.167. The third kappa shape index (κ3) is 3.96. The number of fused-ring (bicyclic) bond motifs is 1. The summed E-state index contributed by atoms with van der Waals surface area (Å²) in [4.78, 5) is 45.1. The predicted octanol–water partition coefficient (Wildman–Crippen LogP) is 1.77. The van der Waals surface area contributed by atoms with Gasteiger partial charge in [-0.3, -0.25) is 14.4 Å². The minimum atomic E-state index is -1.05. The maximum absolute atomic E-state index is 12.2. The first-order valence-corrected chi connectivity index (χ1v) is 9.14. The fraction of sp³-hybridized carbons (Fsp3) is 0.467. The molecule has 0 aliphatic carbocycles. The molecule has 2 aromatic heterocycles. The molecule has 0 bridgehead atoms. The molecule has 0 aliphatic rings. The van der Waals surface area contributed by atoms with Crippen molar-refractivity contribution in [1.82, 2.24) is 14.9 Å². The number of aromatic amines is 1. The van der Waals surface area contributed by atoms with Gasteiger partial charge in [0, 0.05) is 11.9 Å². The molecule has 2 N–H and O–H groups in total. The number of thioether (sulfide) groups is 1. The van der Waals surface area contributed by atoms with Gasteiger partial charge < -0.3 is 15.0 Å². The van der Waals surface area contributed by atoms with E-state index in [4.69, 9.17) is 5.11 Å². The van der Waals surface area contributed by atoms with Crippen LogP contribution in [-0.2, 0) is 15.3 Å². The second-order valence-corrected chi connectivity index (χ2v) is 8.05. The lowest BCUT2D eigenvalue weighted by Crippen LogP contribution is -2.37. The number of carboxylic acids is 1. The number of aryl methyl sites for hydroxylation is 2. The molecule has 1 amide bonds. The van der Waals surface area contributed by atoms with Crippen LogP contribution in [0.2, 0.25) is 0 Å². The average Bonchev–Trinajstić information content (AvgIpc) is 2.78. The van der Waals surface area contributed by atoms with Crippen LogP contribution in [0.25, 0.3) is 10.2 Å². The van der Waals surface area contributed by atoms with Crippen LogP contribution >= 0.6 is 23.1 Å². The first-order chi connectivity index (χ1) is 11.2. The normalized spacial score (nSPS) is 12.3. The summed E-state index contributed by atoms with van der Waals surface area (Å²) in [7, 11) is 1.46. The lowest BCUT2D eigenvalue weighted by Gasteiger charge is -2.19. The quantitative estimate of drug-likeness (QED) is 0.804. The number of aliphatic carboxylic acids is 1. The number of carbonyl (C=O) groups is 2. The summed E-state index contributed by atoms with van der Waals surface area (Å²) < 4.78 is 0. The summed E-state index contributed by atoms with van der Waals surface area (Å²) in [5.74, 6) is -0.439. The molecule has 7 nitrogen and oxygen atoms in total. The van der Waals surface area contributed by atoms with Gasteiger partial charge in [0.1, 0.15) is 17.2 Å². The van der Waals surface area contributed by atoms with Crippen molar-refractivity contribution in [3.8, 4) is 0 Å². The molecule has 130 valence electrons. The van der Waals surface area contributed by atoms with E-state index in [1.54, 1.807) is 6.92 Å². The molecule has 0 saturated carbocycles. The minimum Gasteiger partial charge on any atom is -0.480 e. The first-order valence-electron chi connectivity index (χ1n) is 7.28. The summed E-state index contributed by atoms with van der Waals surface area (Å²) in [6.07, 6.45) is 0. The third-order valence-electron chi connectivity index (χ3n) is 3.65. The van der Waals surface area contributed by atoms with E-state index in [0.29, 0.717) is 21.8 Å². The molecule has 0 radical (unpaired) electrons. The Hall–Kier alpha value is -1.87. The molecule has 0 saturated heterocycles. The third-order valence-corrected chi connectivity index (χ3v) is 5.90. The van der Waals surface area contributed by atoms with E-state index in [1.807, 2.05) is 13.8 Å². The lowest BCUT2D eigenvalue weighted by atomic mass is 10.2. The van der Waals surface area contributed by atoms with Gasteiger partial charge >= 0.3 is 5.97 Å². The van der Waals surface area contributed by atoms with Crippen molar-refractivity contribution in [2.75, 3.05) is 13.6 Å². The van der Waals surface area contributed by atoms with Gasteiger partial charge in [0.15, 0.2) is 0 Å². The predicted molar refractivity (Wildman–Crippen MR) is 95.7 cm³/mol. The highest BCUT2D eigenvalue weighted by molar-refractivity contribution is 7.99. The van der Waals surface area contributed by atoms with Crippen molar-refractivity contribution < 1.29 is 14.7 Å². The zero-order valence-electron chi connectivity index (χ0n) is 13.9. The number of nitrogens with one attached hydrogen (secondary N) is 1. The molecule has 2 aromatic rings. The Balaban J connectivity index is 2.09. The number of H-pyrrole nitrogens is 1. The number of thiophene rings is 1. The van der Waals surface area contributed by atoms with Gasteiger partial charge in [-0.2, -0.15) is 0 Å². The fourth-order valence-corrected chi connectivity index (χ4v) is 4.15. The Morgan fingerprint density at radius 2 is 2.08 bits per heavy atom. The van der Waals surface area contributed by atoms with Gasteiger partial charge in [0.2, 0.25) is 5.91 Å². The topological polar surface area (TPSA) is 103 Å². The van der Waals surface area contributed by atoms with E-state index in [-0.39, 0.29) is 18.0 Å². The molecule has 9 heteroatoms. The van der Waals surface area contributed by atoms with Crippen LogP contribution in [0, 0.1) is 13.8 Å². The van der Waals surface area contributed by atoms with Crippen molar-refractivity contribution in [1.29, 1.82) is 0 Å². The van der Waals surface area contributed by atoms with Gasteiger partial charge in [-0.15, -0.1) is 23.1 Å². The Bertz CT molecular complexity index is 843. The molecule has 0 aromatic carbocycles.